The number of pyridine rings is 2. The topological polar surface area (TPSA) is 102 Å². The molecule has 0 saturated heterocycles. The van der Waals surface area contributed by atoms with Crippen LogP contribution in [0.4, 0.5) is 0 Å². The summed E-state index contributed by atoms with van der Waals surface area (Å²) < 4.78 is 3.37. The molecule has 0 unspecified atom stereocenters. The fourth-order valence-electron chi connectivity index (χ4n) is 3.97. The highest BCUT2D eigenvalue weighted by Crippen LogP contribution is 2.30. The summed E-state index contributed by atoms with van der Waals surface area (Å²) in [5.74, 6) is 0.243. The molecule has 0 amide bonds. The first-order valence-corrected chi connectivity index (χ1v) is 10.6. The fourth-order valence-corrected chi connectivity index (χ4v) is 3.97. The lowest BCUT2D eigenvalue weighted by Gasteiger charge is -2.10. The number of aromatic nitrogens is 6. The highest BCUT2D eigenvalue weighted by molar-refractivity contribution is 5.75. The molecule has 0 aromatic rings. The maximum Gasteiger partial charge on any atom is 0.195 e. The summed E-state index contributed by atoms with van der Waals surface area (Å²) in [5.41, 5.74) is 6.12. The van der Waals surface area contributed by atoms with Crippen LogP contribution in [0.15, 0.2) is 73.1 Å². The number of fused-ring (bicyclic) bond motifs is 3. The molecule has 164 valence electrons. The third-order valence-corrected chi connectivity index (χ3v) is 5.68. The van der Waals surface area contributed by atoms with Crippen LogP contribution in [0.2, 0.25) is 0 Å². The van der Waals surface area contributed by atoms with Gasteiger partial charge in [-0.25, -0.2) is 4.98 Å². The molecule has 6 aliphatic rings. The molecular formula is C26H18N6O2. The molecule has 0 spiro atoms. The third kappa shape index (κ3) is 3.34. The quantitative estimate of drug-likeness (QED) is 0.401. The molecule has 4 heterocycles. The van der Waals surface area contributed by atoms with E-state index in [-0.39, 0.29) is 11.8 Å². The molecule has 0 aromatic carbocycles. The molecule has 0 radical (unpaired) electrons. The molecule has 6 rings (SSSR count). The predicted molar refractivity (Wildman–Crippen MR) is 130 cm³/mol. The molecule has 8 heteroatoms. The summed E-state index contributed by atoms with van der Waals surface area (Å²) in [6.07, 6.45) is 10.3. The zero-order chi connectivity index (χ0) is 23.1. The van der Waals surface area contributed by atoms with Gasteiger partial charge in [0.15, 0.2) is 11.8 Å². The van der Waals surface area contributed by atoms with Crippen LogP contribution in [0.25, 0.3) is 58.5 Å². The first kappa shape index (κ1) is 19.7. The molecule has 2 aliphatic carbocycles. The summed E-state index contributed by atoms with van der Waals surface area (Å²) in [6.45, 7) is 0. The Kier molecular flexibility index (Phi) is 4.55. The van der Waals surface area contributed by atoms with Gasteiger partial charge in [0.05, 0.1) is 29.5 Å². The van der Waals surface area contributed by atoms with Crippen molar-refractivity contribution in [2.24, 2.45) is 0 Å². The second-order valence-electron chi connectivity index (χ2n) is 7.75. The van der Waals surface area contributed by atoms with Gasteiger partial charge < -0.3 is 10.2 Å². The average Bonchev–Trinajstić information content (AvgIpc) is 3.56. The molecule has 2 N–H and O–H groups in total. The van der Waals surface area contributed by atoms with Crippen LogP contribution in [0, 0.1) is 0 Å². The second kappa shape index (κ2) is 7.86. The Balaban J connectivity index is 1.32. The van der Waals surface area contributed by atoms with Crippen molar-refractivity contribution in [2.75, 3.05) is 0 Å². The van der Waals surface area contributed by atoms with E-state index in [1.54, 1.807) is 58.2 Å². The van der Waals surface area contributed by atoms with Crippen molar-refractivity contribution in [3.63, 3.8) is 0 Å². The van der Waals surface area contributed by atoms with Gasteiger partial charge in [0.1, 0.15) is 17.1 Å². The number of hydrogen-bond donors (Lipinski definition) is 2. The van der Waals surface area contributed by atoms with Gasteiger partial charge in [-0.15, -0.1) is 10.2 Å². The van der Waals surface area contributed by atoms with E-state index < -0.39 is 0 Å². The van der Waals surface area contributed by atoms with Gasteiger partial charge in [-0.05, 0) is 59.7 Å². The van der Waals surface area contributed by atoms with Gasteiger partial charge in [-0.3, -0.25) is 14.1 Å². The second-order valence-corrected chi connectivity index (χ2v) is 7.75. The smallest absolute Gasteiger partial charge is 0.195 e. The number of hydrogen-bond acceptors (Lipinski definition) is 6. The molecule has 8 nitrogen and oxygen atoms in total. The number of rotatable bonds is 4. The Morgan fingerprint density at radius 3 is 1.97 bits per heavy atom. The summed E-state index contributed by atoms with van der Waals surface area (Å²) in [6, 6.07) is 18.7. The molecule has 0 saturated carbocycles. The lowest BCUT2D eigenvalue weighted by molar-refractivity contribution is 0.442. The zero-order valence-corrected chi connectivity index (χ0v) is 17.8. The van der Waals surface area contributed by atoms with Crippen molar-refractivity contribution >= 4 is 24.6 Å². The minimum absolute atomic E-state index is 0.118. The van der Waals surface area contributed by atoms with Crippen molar-refractivity contribution in [1.82, 2.24) is 29.3 Å². The highest BCUT2D eigenvalue weighted by atomic mass is 16.3. The van der Waals surface area contributed by atoms with Crippen LogP contribution in [0.3, 0.4) is 0 Å². The fraction of sp³-hybridized carbons (Fsp3) is 0. The van der Waals surface area contributed by atoms with Crippen molar-refractivity contribution in [3.05, 3.63) is 84.4 Å². The van der Waals surface area contributed by atoms with Gasteiger partial charge in [-0.1, -0.05) is 24.3 Å². The molecule has 0 bridgehead atoms. The van der Waals surface area contributed by atoms with Crippen LogP contribution >= 0.6 is 0 Å². The molecule has 0 atom stereocenters. The molecular weight excluding hydrogens is 428 g/mol. The summed E-state index contributed by atoms with van der Waals surface area (Å²) in [7, 11) is 0. The van der Waals surface area contributed by atoms with Crippen molar-refractivity contribution in [2.45, 2.75) is 0 Å². The van der Waals surface area contributed by atoms with E-state index in [1.165, 1.54) is 0 Å². The van der Waals surface area contributed by atoms with Gasteiger partial charge in [0, 0.05) is 12.4 Å². The first-order chi connectivity index (χ1) is 16.7. The van der Waals surface area contributed by atoms with Crippen LogP contribution < -0.4 is 0 Å². The van der Waals surface area contributed by atoms with Crippen molar-refractivity contribution in [3.8, 4) is 45.7 Å². The van der Waals surface area contributed by atoms with E-state index in [0.29, 0.717) is 22.8 Å². The van der Waals surface area contributed by atoms with Crippen molar-refractivity contribution in [1.29, 1.82) is 0 Å². The van der Waals surface area contributed by atoms with E-state index in [9.17, 15) is 10.2 Å². The van der Waals surface area contributed by atoms with Gasteiger partial charge in [0.25, 0.3) is 0 Å². The van der Waals surface area contributed by atoms with Crippen LogP contribution in [0.1, 0.15) is 11.4 Å². The Bertz CT molecular complexity index is 1590. The SMILES string of the molecule is Oc1ccc2cccc-2n1/C=C/c1cnc2c(/C=C/n3c(O)ccc4cccc3-4)nnc-2cn1. The lowest BCUT2D eigenvalue weighted by atomic mass is 10.2. The maximum absolute atomic E-state index is 10.3. The minimum atomic E-state index is 0.118. The van der Waals surface area contributed by atoms with Gasteiger partial charge >= 0.3 is 0 Å². The van der Waals surface area contributed by atoms with E-state index in [0.717, 1.165) is 22.5 Å². The van der Waals surface area contributed by atoms with Crippen LogP contribution in [-0.2, 0) is 0 Å². The third-order valence-electron chi connectivity index (χ3n) is 5.68. The van der Waals surface area contributed by atoms with Gasteiger partial charge in [-0.2, -0.15) is 0 Å². The summed E-state index contributed by atoms with van der Waals surface area (Å²) in [5, 5.41) is 29.0. The Morgan fingerprint density at radius 1 is 0.647 bits per heavy atom. The Labute approximate surface area is 194 Å². The first-order valence-electron chi connectivity index (χ1n) is 10.6. The molecule has 4 aliphatic heterocycles. The molecule has 0 aromatic heterocycles. The maximum atomic E-state index is 10.3. The van der Waals surface area contributed by atoms with Gasteiger partial charge in [0.2, 0.25) is 0 Å². The summed E-state index contributed by atoms with van der Waals surface area (Å²) in [4.78, 5) is 8.99. The largest absolute Gasteiger partial charge is 0.494 e. The van der Waals surface area contributed by atoms with Crippen LogP contribution in [-0.4, -0.2) is 39.5 Å². The highest BCUT2D eigenvalue weighted by Gasteiger charge is 2.14. The zero-order valence-electron chi connectivity index (χ0n) is 17.8. The molecule has 0 fully saturated rings. The lowest BCUT2D eigenvalue weighted by Crippen LogP contribution is -1.94. The minimum Gasteiger partial charge on any atom is -0.494 e. The van der Waals surface area contributed by atoms with Crippen molar-refractivity contribution < 1.29 is 10.2 Å². The average molecular weight is 446 g/mol. The monoisotopic (exact) mass is 446 g/mol. The standard InChI is InChI=1S/C26H18N6O2/c33-24-9-7-17-3-1-5-22(17)31(24)13-11-19-15-28-26-20(29-30-21(26)16-27-19)12-14-32-23-6-2-4-18(23)8-10-25(32)34/h1-16,33-34H/b13-11+,14-12+. The Morgan fingerprint density at radius 2 is 1.29 bits per heavy atom. The normalized spacial score (nSPS) is 12.1. The Hall–Kier alpha value is -4.98. The molecule has 34 heavy (non-hydrogen) atoms. The van der Waals surface area contributed by atoms with Crippen LogP contribution in [0.5, 0.6) is 11.8 Å². The summed E-state index contributed by atoms with van der Waals surface area (Å²) >= 11 is 0. The predicted octanol–water partition coefficient (Wildman–Crippen LogP) is 4.85. The van der Waals surface area contributed by atoms with E-state index in [4.69, 9.17) is 0 Å². The van der Waals surface area contributed by atoms with E-state index in [2.05, 4.69) is 20.2 Å². The number of nitrogens with zero attached hydrogens (tertiary/aromatic N) is 6. The number of aromatic hydroxyl groups is 2. The van der Waals surface area contributed by atoms with E-state index in [1.807, 2.05) is 48.5 Å². The van der Waals surface area contributed by atoms with E-state index >= 15 is 0 Å².